The molecule has 0 fully saturated rings. The Morgan fingerprint density at radius 2 is 1.63 bits per heavy atom. The molecule has 140 valence electrons. The van der Waals surface area contributed by atoms with Gasteiger partial charge in [0.05, 0.1) is 11.4 Å². The lowest BCUT2D eigenvalue weighted by Crippen LogP contribution is -2.16. The lowest BCUT2D eigenvalue weighted by Gasteiger charge is -2.10. The highest BCUT2D eigenvalue weighted by Crippen LogP contribution is 2.22. The van der Waals surface area contributed by atoms with Gasteiger partial charge >= 0.3 is 0 Å². The van der Waals surface area contributed by atoms with Crippen LogP contribution in [0.1, 0.15) is 19.8 Å². The molecule has 0 saturated carbocycles. The standard InChI is InChI=1S/C20H22N4O2S/c1-2-3-13-27(25,26)24-18-11-9-17(10-12-18)23-20-14-19(21-15-22-20)16-7-5-4-6-8-16/h4-12,14-15,24H,2-3,13H2,1H3,(H,21,22,23). The summed E-state index contributed by atoms with van der Waals surface area (Å²) in [4.78, 5) is 8.54. The van der Waals surface area contributed by atoms with Gasteiger partial charge in [-0.15, -0.1) is 0 Å². The highest BCUT2D eigenvalue weighted by Gasteiger charge is 2.09. The fraction of sp³-hybridized carbons (Fsp3) is 0.200. The van der Waals surface area contributed by atoms with E-state index in [0.717, 1.165) is 23.4 Å². The topological polar surface area (TPSA) is 84.0 Å². The summed E-state index contributed by atoms with van der Waals surface area (Å²) in [6.07, 6.45) is 3.00. The molecule has 0 aliphatic heterocycles. The van der Waals surface area contributed by atoms with Gasteiger partial charge in [-0.3, -0.25) is 4.72 Å². The van der Waals surface area contributed by atoms with Crippen molar-refractivity contribution in [1.82, 2.24) is 9.97 Å². The fourth-order valence-corrected chi connectivity index (χ4v) is 3.79. The van der Waals surface area contributed by atoms with Crippen molar-refractivity contribution in [3.05, 3.63) is 67.0 Å². The van der Waals surface area contributed by atoms with E-state index in [0.29, 0.717) is 17.9 Å². The minimum atomic E-state index is -3.30. The van der Waals surface area contributed by atoms with Crippen LogP contribution >= 0.6 is 0 Å². The Bertz CT molecular complexity index is 974. The molecule has 0 bridgehead atoms. The Labute approximate surface area is 159 Å². The molecular weight excluding hydrogens is 360 g/mol. The number of hydrogen-bond donors (Lipinski definition) is 2. The second kappa shape index (κ2) is 8.64. The van der Waals surface area contributed by atoms with Gasteiger partial charge in [0.15, 0.2) is 0 Å². The lowest BCUT2D eigenvalue weighted by atomic mass is 10.1. The van der Waals surface area contributed by atoms with E-state index in [9.17, 15) is 8.42 Å². The smallest absolute Gasteiger partial charge is 0.232 e. The summed E-state index contributed by atoms with van der Waals surface area (Å²) < 4.78 is 26.5. The molecule has 0 atom stereocenters. The molecule has 2 N–H and O–H groups in total. The van der Waals surface area contributed by atoms with Crippen LogP contribution in [0.4, 0.5) is 17.2 Å². The van der Waals surface area contributed by atoms with Crippen LogP contribution in [0.5, 0.6) is 0 Å². The van der Waals surface area contributed by atoms with Crippen LogP contribution in [0.3, 0.4) is 0 Å². The van der Waals surface area contributed by atoms with Gasteiger partial charge in [0.25, 0.3) is 0 Å². The number of nitrogens with zero attached hydrogens (tertiary/aromatic N) is 2. The molecule has 0 aliphatic carbocycles. The number of unbranched alkanes of at least 4 members (excludes halogenated alkanes) is 1. The summed E-state index contributed by atoms with van der Waals surface area (Å²) in [5.74, 6) is 0.798. The van der Waals surface area contributed by atoms with Crippen LogP contribution in [0, 0.1) is 0 Å². The van der Waals surface area contributed by atoms with E-state index in [1.165, 1.54) is 6.33 Å². The van der Waals surface area contributed by atoms with Crippen LogP contribution in [-0.4, -0.2) is 24.1 Å². The molecule has 3 rings (SSSR count). The largest absolute Gasteiger partial charge is 0.340 e. The lowest BCUT2D eigenvalue weighted by molar-refractivity contribution is 0.598. The number of anilines is 3. The number of sulfonamides is 1. The molecule has 2 aromatic carbocycles. The highest BCUT2D eigenvalue weighted by molar-refractivity contribution is 7.92. The van der Waals surface area contributed by atoms with Crippen LogP contribution in [0.15, 0.2) is 67.0 Å². The Kier molecular flexibility index (Phi) is 6.03. The quantitative estimate of drug-likeness (QED) is 0.602. The SMILES string of the molecule is CCCCS(=O)(=O)Nc1ccc(Nc2cc(-c3ccccc3)ncn2)cc1. The zero-order valence-electron chi connectivity index (χ0n) is 15.1. The minimum Gasteiger partial charge on any atom is -0.340 e. The van der Waals surface area contributed by atoms with Crippen molar-refractivity contribution in [1.29, 1.82) is 0 Å². The van der Waals surface area contributed by atoms with Crippen LogP contribution in [0.2, 0.25) is 0 Å². The average molecular weight is 382 g/mol. The molecular formula is C20H22N4O2S. The van der Waals surface area contributed by atoms with Gasteiger partial charge in [0.2, 0.25) is 10.0 Å². The Morgan fingerprint density at radius 3 is 2.33 bits per heavy atom. The number of rotatable bonds is 8. The van der Waals surface area contributed by atoms with E-state index >= 15 is 0 Å². The van der Waals surface area contributed by atoms with Crippen molar-refractivity contribution in [2.75, 3.05) is 15.8 Å². The minimum absolute atomic E-state index is 0.132. The Morgan fingerprint density at radius 1 is 0.926 bits per heavy atom. The molecule has 0 unspecified atom stereocenters. The molecule has 1 aromatic heterocycles. The third-order valence-electron chi connectivity index (χ3n) is 3.93. The predicted octanol–water partition coefficient (Wildman–Crippen LogP) is 4.43. The summed E-state index contributed by atoms with van der Waals surface area (Å²) in [6, 6.07) is 18.8. The van der Waals surface area contributed by atoms with Crippen molar-refractivity contribution in [2.45, 2.75) is 19.8 Å². The van der Waals surface area contributed by atoms with Crippen molar-refractivity contribution < 1.29 is 8.42 Å². The second-order valence-corrected chi connectivity index (χ2v) is 7.97. The van der Waals surface area contributed by atoms with Gasteiger partial charge in [-0.2, -0.15) is 0 Å². The first kappa shape index (κ1) is 18.8. The van der Waals surface area contributed by atoms with Crippen molar-refractivity contribution in [2.24, 2.45) is 0 Å². The number of hydrogen-bond acceptors (Lipinski definition) is 5. The van der Waals surface area contributed by atoms with Gasteiger partial charge < -0.3 is 5.32 Å². The molecule has 27 heavy (non-hydrogen) atoms. The van der Waals surface area contributed by atoms with E-state index in [2.05, 4.69) is 20.0 Å². The van der Waals surface area contributed by atoms with E-state index in [-0.39, 0.29) is 5.75 Å². The van der Waals surface area contributed by atoms with Gasteiger partial charge in [0, 0.05) is 23.0 Å². The Balaban J connectivity index is 1.68. The molecule has 1 heterocycles. The highest BCUT2D eigenvalue weighted by atomic mass is 32.2. The van der Waals surface area contributed by atoms with Gasteiger partial charge in [-0.1, -0.05) is 43.7 Å². The molecule has 3 aromatic rings. The fourth-order valence-electron chi connectivity index (χ4n) is 2.53. The van der Waals surface area contributed by atoms with Crippen LogP contribution < -0.4 is 10.0 Å². The molecule has 0 saturated heterocycles. The third kappa shape index (κ3) is 5.52. The monoisotopic (exact) mass is 382 g/mol. The van der Waals surface area contributed by atoms with Gasteiger partial charge in [-0.05, 0) is 30.7 Å². The van der Waals surface area contributed by atoms with Gasteiger partial charge in [-0.25, -0.2) is 18.4 Å². The zero-order chi connectivity index (χ0) is 19.1. The van der Waals surface area contributed by atoms with E-state index in [4.69, 9.17) is 0 Å². The van der Waals surface area contributed by atoms with E-state index < -0.39 is 10.0 Å². The number of benzene rings is 2. The number of nitrogens with one attached hydrogen (secondary N) is 2. The summed E-state index contributed by atoms with van der Waals surface area (Å²) >= 11 is 0. The molecule has 0 radical (unpaired) electrons. The molecule has 6 nitrogen and oxygen atoms in total. The zero-order valence-corrected chi connectivity index (χ0v) is 15.9. The normalized spacial score (nSPS) is 11.1. The summed E-state index contributed by atoms with van der Waals surface area (Å²) in [5.41, 5.74) is 3.20. The van der Waals surface area contributed by atoms with Crippen molar-refractivity contribution in [3.8, 4) is 11.3 Å². The first-order chi connectivity index (χ1) is 13.1. The molecule has 0 aliphatic rings. The average Bonchev–Trinajstić information content (AvgIpc) is 2.69. The summed E-state index contributed by atoms with van der Waals surface area (Å²) in [6.45, 7) is 1.96. The third-order valence-corrected chi connectivity index (χ3v) is 5.31. The van der Waals surface area contributed by atoms with E-state index in [1.807, 2.05) is 55.5 Å². The van der Waals surface area contributed by atoms with Crippen LogP contribution in [-0.2, 0) is 10.0 Å². The van der Waals surface area contributed by atoms with Gasteiger partial charge in [0.1, 0.15) is 12.1 Å². The van der Waals surface area contributed by atoms with Crippen molar-refractivity contribution >= 4 is 27.2 Å². The maximum absolute atomic E-state index is 12.0. The molecule has 0 amide bonds. The summed E-state index contributed by atoms with van der Waals surface area (Å²) in [5, 5.41) is 3.21. The van der Waals surface area contributed by atoms with Crippen molar-refractivity contribution in [3.63, 3.8) is 0 Å². The second-order valence-electron chi connectivity index (χ2n) is 6.13. The van der Waals surface area contributed by atoms with Crippen LogP contribution in [0.25, 0.3) is 11.3 Å². The number of aromatic nitrogens is 2. The first-order valence-electron chi connectivity index (χ1n) is 8.81. The maximum atomic E-state index is 12.0. The maximum Gasteiger partial charge on any atom is 0.232 e. The predicted molar refractivity (Wildman–Crippen MR) is 110 cm³/mol. The summed E-state index contributed by atoms with van der Waals surface area (Å²) in [7, 11) is -3.30. The Hall–Kier alpha value is -2.93. The first-order valence-corrected chi connectivity index (χ1v) is 10.5. The molecule has 0 spiro atoms. The van der Waals surface area contributed by atoms with E-state index in [1.54, 1.807) is 12.1 Å². The molecule has 7 heteroatoms.